The van der Waals surface area contributed by atoms with Gasteiger partial charge >= 0.3 is 0 Å². The Hall–Kier alpha value is -2.05. The van der Waals surface area contributed by atoms with E-state index in [1.807, 2.05) is 31.2 Å². The van der Waals surface area contributed by atoms with Gasteiger partial charge in [-0.25, -0.2) is 0 Å². The number of aliphatic hydroxyl groups excluding tert-OH is 2. The van der Waals surface area contributed by atoms with Gasteiger partial charge in [-0.05, 0) is 11.1 Å². The number of hydrogen-bond acceptors (Lipinski definition) is 5. The van der Waals surface area contributed by atoms with Crippen LogP contribution in [0.4, 0.5) is 0 Å². The zero-order valence-corrected chi connectivity index (χ0v) is 12.4. The molecular formula is C16H19N3O3. The lowest BCUT2D eigenvalue weighted by Crippen LogP contribution is -2.30. The van der Waals surface area contributed by atoms with Crippen molar-refractivity contribution in [3.05, 3.63) is 35.4 Å². The molecule has 0 saturated heterocycles. The number of nitrogens with one attached hydrogen (secondary N) is 1. The molecule has 1 fully saturated rings. The molecule has 0 bridgehead atoms. The average molecular weight is 301 g/mol. The molecule has 1 saturated carbocycles. The Morgan fingerprint density at radius 2 is 2.05 bits per heavy atom. The van der Waals surface area contributed by atoms with Crippen LogP contribution in [0.5, 0.6) is 0 Å². The van der Waals surface area contributed by atoms with Gasteiger partial charge in [0.25, 0.3) is 0 Å². The summed E-state index contributed by atoms with van der Waals surface area (Å²) in [6.45, 7) is 2.18. The second kappa shape index (κ2) is 5.62. The zero-order valence-electron chi connectivity index (χ0n) is 12.4. The number of amides is 1. The molecule has 3 unspecified atom stereocenters. The largest absolute Gasteiger partial charge is 0.395 e. The van der Waals surface area contributed by atoms with Crippen LogP contribution in [0.15, 0.2) is 34.5 Å². The number of rotatable bonds is 5. The van der Waals surface area contributed by atoms with Gasteiger partial charge < -0.3 is 15.5 Å². The summed E-state index contributed by atoms with van der Waals surface area (Å²) in [4.78, 5) is 12.2. The predicted molar refractivity (Wildman–Crippen MR) is 82.6 cm³/mol. The zero-order chi connectivity index (χ0) is 15.7. The molecule has 6 heteroatoms. The summed E-state index contributed by atoms with van der Waals surface area (Å²) in [6.07, 6.45) is 1.74. The SMILES string of the molecule is CC12C=NN=C(c3ccc(CO)cc3)C1C2C(=O)NCCO. The van der Waals surface area contributed by atoms with E-state index >= 15 is 0 Å². The molecule has 2 aliphatic rings. The highest BCUT2D eigenvalue weighted by molar-refractivity contribution is 6.12. The Kier molecular flexibility index (Phi) is 3.80. The quantitative estimate of drug-likeness (QED) is 0.731. The van der Waals surface area contributed by atoms with Crippen LogP contribution >= 0.6 is 0 Å². The van der Waals surface area contributed by atoms with Gasteiger partial charge in [0.1, 0.15) is 0 Å². The fourth-order valence-corrected chi connectivity index (χ4v) is 3.16. The molecule has 1 amide bonds. The molecule has 1 aromatic rings. The van der Waals surface area contributed by atoms with Crippen LogP contribution in [-0.2, 0) is 11.4 Å². The molecule has 0 radical (unpaired) electrons. The monoisotopic (exact) mass is 301 g/mol. The fourth-order valence-electron chi connectivity index (χ4n) is 3.16. The second-order valence-electron chi connectivity index (χ2n) is 5.92. The number of carbonyl (C=O) groups is 1. The molecule has 1 aliphatic carbocycles. The Morgan fingerprint density at radius 3 is 2.68 bits per heavy atom. The first kappa shape index (κ1) is 14.9. The molecule has 22 heavy (non-hydrogen) atoms. The van der Waals surface area contributed by atoms with Gasteiger partial charge in [0, 0.05) is 24.1 Å². The minimum atomic E-state index is -0.313. The number of fused-ring (bicyclic) bond motifs is 1. The maximum atomic E-state index is 12.2. The van der Waals surface area contributed by atoms with Crippen molar-refractivity contribution in [3.63, 3.8) is 0 Å². The molecule has 0 aromatic heterocycles. The summed E-state index contributed by atoms with van der Waals surface area (Å²) in [7, 11) is 0. The first-order chi connectivity index (χ1) is 10.6. The number of hydrogen-bond donors (Lipinski definition) is 3. The van der Waals surface area contributed by atoms with Crippen LogP contribution < -0.4 is 5.32 Å². The summed E-state index contributed by atoms with van der Waals surface area (Å²) >= 11 is 0. The highest BCUT2D eigenvalue weighted by Crippen LogP contribution is 2.60. The molecule has 6 nitrogen and oxygen atoms in total. The number of benzene rings is 1. The summed E-state index contributed by atoms with van der Waals surface area (Å²) in [6, 6.07) is 7.48. The van der Waals surface area contributed by atoms with Crippen LogP contribution in [0.1, 0.15) is 18.1 Å². The molecule has 3 atom stereocenters. The molecule has 1 heterocycles. The first-order valence-corrected chi connectivity index (χ1v) is 7.32. The van der Waals surface area contributed by atoms with Crippen molar-refractivity contribution in [2.24, 2.45) is 27.5 Å². The molecule has 3 N–H and O–H groups in total. The predicted octanol–water partition coefficient (Wildman–Crippen LogP) is 0.328. The topological polar surface area (TPSA) is 94.3 Å². The van der Waals surface area contributed by atoms with Crippen LogP contribution in [0.3, 0.4) is 0 Å². The van der Waals surface area contributed by atoms with Gasteiger partial charge in [-0.2, -0.15) is 10.2 Å². The Morgan fingerprint density at radius 1 is 1.32 bits per heavy atom. The van der Waals surface area contributed by atoms with Crippen molar-refractivity contribution in [1.82, 2.24) is 5.32 Å². The standard InChI is InChI=1S/C16H19N3O3/c1-16-9-18-19-14(11-4-2-10(8-21)3-5-11)12(16)13(16)15(22)17-6-7-20/h2-5,9,12-13,20-21H,6-8H2,1H3,(H,17,22). The van der Waals surface area contributed by atoms with Crippen LogP contribution in [0.2, 0.25) is 0 Å². The minimum Gasteiger partial charge on any atom is -0.395 e. The normalized spacial score (nSPS) is 28.8. The lowest BCUT2D eigenvalue weighted by atomic mass is 9.98. The lowest BCUT2D eigenvalue weighted by molar-refractivity contribution is -0.123. The van der Waals surface area contributed by atoms with E-state index in [1.54, 1.807) is 6.21 Å². The summed E-state index contributed by atoms with van der Waals surface area (Å²) < 4.78 is 0. The van der Waals surface area contributed by atoms with Gasteiger partial charge in [-0.1, -0.05) is 31.2 Å². The van der Waals surface area contributed by atoms with Crippen molar-refractivity contribution < 1.29 is 15.0 Å². The number of nitrogens with zero attached hydrogens (tertiary/aromatic N) is 2. The van der Waals surface area contributed by atoms with E-state index in [1.165, 1.54) is 0 Å². The van der Waals surface area contributed by atoms with Crippen molar-refractivity contribution >= 4 is 17.8 Å². The van der Waals surface area contributed by atoms with Crippen LogP contribution in [0.25, 0.3) is 0 Å². The molecular weight excluding hydrogens is 282 g/mol. The van der Waals surface area contributed by atoms with Gasteiger partial charge in [0.2, 0.25) is 5.91 Å². The second-order valence-corrected chi connectivity index (χ2v) is 5.92. The number of carbonyl (C=O) groups excluding carboxylic acids is 1. The minimum absolute atomic E-state index is 0.00174. The van der Waals surface area contributed by atoms with E-state index in [2.05, 4.69) is 15.5 Å². The lowest BCUT2D eigenvalue weighted by Gasteiger charge is -2.11. The van der Waals surface area contributed by atoms with Crippen LogP contribution in [-0.4, -0.2) is 41.2 Å². The maximum Gasteiger partial charge on any atom is 0.224 e. The van der Waals surface area contributed by atoms with E-state index in [0.29, 0.717) is 0 Å². The highest BCUT2D eigenvalue weighted by Gasteiger charge is 2.67. The molecule has 3 rings (SSSR count). The van der Waals surface area contributed by atoms with E-state index in [-0.39, 0.29) is 42.9 Å². The van der Waals surface area contributed by atoms with E-state index in [9.17, 15) is 4.79 Å². The average Bonchev–Trinajstić information content (AvgIpc) is 3.18. The third-order valence-corrected chi connectivity index (χ3v) is 4.49. The third kappa shape index (κ3) is 2.34. The fraction of sp³-hybridized carbons (Fsp3) is 0.438. The first-order valence-electron chi connectivity index (χ1n) is 7.32. The smallest absolute Gasteiger partial charge is 0.224 e. The van der Waals surface area contributed by atoms with Gasteiger partial charge in [-0.3, -0.25) is 4.79 Å². The molecule has 0 spiro atoms. The third-order valence-electron chi connectivity index (χ3n) is 4.49. The maximum absolute atomic E-state index is 12.2. The van der Waals surface area contributed by atoms with E-state index < -0.39 is 0 Å². The van der Waals surface area contributed by atoms with Crippen molar-refractivity contribution in [1.29, 1.82) is 0 Å². The summed E-state index contributed by atoms with van der Waals surface area (Å²) in [5.41, 5.74) is 2.24. The van der Waals surface area contributed by atoms with Gasteiger partial charge in [0.15, 0.2) is 0 Å². The summed E-state index contributed by atoms with van der Waals surface area (Å²) in [5.74, 6) is -0.278. The Labute approximate surface area is 128 Å². The number of aliphatic hydroxyl groups is 2. The molecule has 1 aromatic carbocycles. The van der Waals surface area contributed by atoms with Crippen molar-refractivity contribution in [3.8, 4) is 0 Å². The Balaban J connectivity index is 1.83. The molecule has 116 valence electrons. The van der Waals surface area contributed by atoms with Crippen molar-refractivity contribution in [2.45, 2.75) is 13.5 Å². The van der Waals surface area contributed by atoms with Crippen molar-refractivity contribution in [2.75, 3.05) is 13.2 Å². The molecule has 1 aliphatic heterocycles. The van der Waals surface area contributed by atoms with E-state index in [4.69, 9.17) is 10.2 Å². The Bertz CT molecular complexity index is 639. The van der Waals surface area contributed by atoms with E-state index in [0.717, 1.165) is 16.8 Å². The summed E-state index contributed by atoms with van der Waals surface area (Å²) in [5, 5.41) is 29.0. The van der Waals surface area contributed by atoms with Gasteiger partial charge in [0.05, 0.1) is 24.8 Å². The van der Waals surface area contributed by atoms with Gasteiger partial charge in [-0.15, -0.1) is 0 Å². The van der Waals surface area contributed by atoms with Crippen LogP contribution in [0, 0.1) is 17.3 Å². The highest BCUT2D eigenvalue weighted by atomic mass is 16.3.